The first-order valence-corrected chi connectivity index (χ1v) is 7.91. The summed E-state index contributed by atoms with van der Waals surface area (Å²) in [5.74, 6) is 6.29. The highest BCUT2D eigenvalue weighted by Crippen LogP contribution is 2.14. The summed E-state index contributed by atoms with van der Waals surface area (Å²) in [6.07, 6.45) is 1.17. The van der Waals surface area contributed by atoms with Crippen LogP contribution in [-0.4, -0.2) is 24.6 Å². The van der Waals surface area contributed by atoms with Gasteiger partial charge in [-0.25, -0.2) is 14.3 Å². The number of sulfone groups is 1. The Balaban J connectivity index is 2.08. The number of hydrogen-bond acceptors (Lipinski definition) is 8. The zero-order valence-corrected chi connectivity index (χ0v) is 12.2. The number of hydrazine groups is 1. The van der Waals surface area contributed by atoms with Gasteiger partial charge in [0.1, 0.15) is 11.6 Å². The van der Waals surface area contributed by atoms with Gasteiger partial charge in [0.05, 0.1) is 4.90 Å². The van der Waals surface area contributed by atoms with Crippen LogP contribution in [0, 0.1) is 0 Å². The third-order valence-electron chi connectivity index (χ3n) is 2.72. The molecule has 0 aliphatic carbocycles. The maximum atomic E-state index is 11.4. The van der Waals surface area contributed by atoms with Gasteiger partial charge in [-0.2, -0.15) is 9.97 Å². The lowest BCUT2D eigenvalue weighted by molar-refractivity contribution is 0.602. The van der Waals surface area contributed by atoms with Crippen molar-refractivity contribution < 1.29 is 8.42 Å². The van der Waals surface area contributed by atoms with Gasteiger partial charge >= 0.3 is 0 Å². The van der Waals surface area contributed by atoms with Crippen molar-refractivity contribution in [2.75, 3.05) is 22.7 Å². The van der Waals surface area contributed by atoms with Gasteiger partial charge in [0.25, 0.3) is 0 Å². The summed E-state index contributed by atoms with van der Waals surface area (Å²) < 4.78 is 22.7. The molecule has 0 radical (unpaired) electrons. The van der Waals surface area contributed by atoms with Crippen molar-refractivity contribution in [1.29, 1.82) is 0 Å². The third-order valence-corrected chi connectivity index (χ3v) is 3.84. The Labute approximate surface area is 122 Å². The molecular formula is C12H16N6O2S. The fourth-order valence-corrected chi connectivity index (χ4v) is 2.31. The van der Waals surface area contributed by atoms with Crippen LogP contribution in [0.3, 0.4) is 0 Å². The van der Waals surface area contributed by atoms with Gasteiger partial charge in [-0.05, 0) is 17.7 Å². The molecule has 6 N–H and O–H groups in total. The van der Waals surface area contributed by atoms with Crippen LogP contribution in [0.2, 0.25) is 0 Å². The maximum absolute atomic E-state index is 11.4. The lowest BCUT2D eigenvalue weighted by Gasteiger charge is -2.08. The SMILES string of the molecule is CS(=O)(=O)c1ccc(CNc2cc(NN)nc(N)n2)cc1. The van der Waals surface area contributed by atoms with E-state index in [9.17, 15) is 8.42 Å². The lowest BCUT2D eigenvalue weighted by Crippen LogP contribution is -2.12. The Bertz CT molecular complexity index is 730. The summed E-state index contributed by atoms with van der Waals surface area (Å²) in [5.41, 5.74) is 8.84. The number of nitrogens with two attached hydrogens (primary N) is 2. The van der Waals surface area contributed by atoms with E-state index in [1.54, 1.807) is 30.3 Å². The van der Waals surface area contributed by atoms with E-state index in [2.05, 4.69) is 20.7 Å². The number of nitrogen functional groups attached to an aromatic ring is 2. The Kier molecular flexibility index (Phi) is 4.24. The predicted octanol–water partition coefficient (Wildman–Crippen LogP) is 0.360. The molecule has 0 fully saturated rings. The van der Waals surface area contributed by atoms with E-state index in [0.717, 1.165) is 5.56 Å². The Morgan fingerprint density at radius 1 is 1.14 bits per heavy atom. The maximum Gasteiger partial charge on any atom is 0.223 e. The van der Waals surface area contributed by atoms with Crippen LogP contribution in [0.4, 0.5) is 17.6 Å². The van der Waals surface area contributed by atoms with Gasteiger partial charge in [0.2, 0.25) is 5.95 Å². The van der Waals surface area contributed by atoms with Crippen molar-refractivity contribution in [2.45, 2.75) is 11.4 Å². The first-order chi connectivity index (χ1) is 9.88. The van der Waals surface area contributed by atoms with Gasteiger partial charge in [0, 0.05) is 18.9 Å². The van der Waals surface area contributed by atoms with Crippen LogP contribution < -0.4 is 22.3 Å². The van der Waals surface area contributed by atoms with E-state index in [0.29, 0.717) is 18.2 Å². The monoisotopic (exact) mass is 308 g/mol. The summed E-state index contributed by atoms with van der Waals surface area (Å²) >= 11 is 0. The van der Waals surface area contributed by atoms with Crippen LogP contribution in [0.1, 0.15) is 5.56 Å². The minimum atomic E-state index is -3.18. The summed E-state index contributed by atoms with van der Waals surface area (Å²) in [6.45, 7) is 0.463. The molecule has 0 saturated heterocycles. The van der Waals surface area contributed by atoms with E-state index in [-0.39, 0.29) is 10.8 Å². The second-order valence-electron chi connectivity index (χ2n) is 4.41. The highest BCUT2D eigenvalue weighted by molar-refractivity contribution is 7.90. The quantitative estimate of drug-likeness (QED) is 0.459. The molecule has 0 unspecified atom stereocenters. The van der Waals surface area contributed by atoms with Gasteiger partial charge in [-0.3, -0.25) is 0 Å². The van der Waals surface area contributed by atoms with Crippen molar-refractivity contribution in [3.8, 4) is 0 Å². The minimum absolute atomic E-state index is 0.0976. The third kappa shape index (κ3) is 4.04. The van der Waals surface area contributed by atoms with E-state index in [4.69, 9.17) is 11.6 Å². The van der Waals surface area contributed by atoms with Crippen LogP contribution >= 0.6 is 0 Å². The van der Waals surface area contributed by atoms with E-state index in [1.165, 1.54) is 6.26 Å². The summed E-state index contributed by atoms with van der Waals surface area (Å²) in [5, 5.41) is 3.06. The normalized spacial score (nSPS) is 11.1. The van der Waals surface area contributed by atoms with Gasteiger partial charge in [0.15, 0.2) is 9.84 Å². The van der Waals surface area contributed by atoms with Crippen LogP contribution in [0.25, 0.3) is 0 Å². The molecule has 0 amide bonds. The molecule has 0 aliphatic heterocycles. The van der Waals surface area contributed by atoms with E-state index in [1.807, 2.05) is 0 Å². The average Bonchev–Trinajstić information content (AvgIpc) is 2.44. The number of nitrogens with zero attached hydrogens (tertiary/aromatic N) is 2. The van der Waals surface area contributed by atoms with Crippen molar-refractivity contribution in [2.24, 2.45) is 5.84 Å². The number of benzene rings is 1. The summed E-state index contributed by atoms with van der Waals surface area (Å²) in [6, 6.07) is 8.20. The second kappa shape index (κ2) is 5.94. The molecule has 1 aromatic heterocycles. The first kappa shape index (κ1) is 15.0. The van der Waals surface area contributed by atoms with Gasteiger partial charge in [-0.15, -0.1) is 0 Å². The fraction of sp³-hybridized carbons (Fsp3) is 0.167. The number of nitrogens with one attached hydrogen (secondary N) is 2. The van der Waals surface area contributed by atoms with Crippen molar-refractivity contribution in [1.82, 2.24) is 9.97 Å². The molecule has 9 heteroatoms. The molecule has 0 spiro atoms. The Morgan fingerprint density at radius 3 is 2.33 bits per heavy atom. The molecule has 0 bridgehead atoms. The molecule has 1 aromatic carbocycles. The highest BCUT2D eigenvalue weighted by atomic mass is 32.2. The Morgan fingerprint density at radius 2 is 1.76 bits per heavy atom. The average molecular weight is 308 g/mol. The topological polar surface area (TPSA) is 136 Å². The van der Waals surface area contributed by atoms with Crippen LogP contribution in [0.5, 0.6) is 0 Å². The molecule has 0 atom stereocenters. The summed E-state index contributed by atoms with van der Waals surface area (Å²) in [7, 11) is -3.18. The summed E-state index contributed by atoms with van der Waals surface area (Å²) in [4.78, 5) is 8.17. The molecular weight excluding hydrogens is 292 g/mol. The number of hydrogen-bond donors (Lipinski definition) is 4. The predicted molar refractivity (Wildman–Crippen MR) is 81.1 cm³/mol. The minimum Gasteiger partial charge on any atom is -0.368 e. The standard InChI is InChI=1S/C12H16N6O2S/c1-21(19,20)9-4-2-8(3-5-9)7-15-10-6-11(18-14)17-12(13)16-10/h2-6H,7,14H2,1H3,(H4,13,15,16,17,18). The Hall–Kier alpha value is -2.39. The molecule has 21 heavy (non-hydrogen) atoms. The molecule has 1 heterocycles. The molecule has 2 rings (SSSR count). The van der Waals surface area contributed by atoms with Crippen LogP contribution in [-0.2, 0) is 16.4 Å². The second-order valence-corrected chi connectivity index (χ2v) is 6.43. The molecule has 8 nitrogen and oxygen atoms in total. The lowest BCUT2D eigenvalue weighted by atomic mass is 10.2. The number of rotatable bonds is 5. The smallest absolute Gasteiger partial charge is 0.223 e. The highest BCUT2D eigenvalue weighted by Gasteiger charge is 2.06. The molecule has 0 aliphatic rings. The first-order valence-electron chi connectivity index (χ1n) is 6.02. The molecule has 2 aromatic rings. The van der Waals surface area contributed by atoms with E-state index < -0.39 is 9.84 Å². The zero-order valence-electron chi connectivity index (χ0n) is 11.4. The van der Waals surface area contributed by atoms with Crippen LogP contribution in [0.15, 0.2) is 35.2 Å². The van der Waals surface area contributed by atoms with Crippen molar-refractivity contribution >= 4 is 27.4 Å². The van der Waals surface area contributed by atoms with Gasteiger partial charge < -0.3 is 16.5 Å². The van der Waals surface area contributed by atoms with E-state index >= 15 is 0 Å². The largest absolute Gasteiger partial charge is 0.368 e. The van der Waals surface area contributed by atoms with Crippen molar-refractivity contribution in [3.05, 3.63) is 35.9 Å². The zero-order chi connectivity index (χ0) is 15.5. The molecule has 112 valence electrons. The fourth-order valence-electron chi connectivity index (χ4n) is 1.68. The van der Waals surface area contributed by atoms with Gasteiger partial charge in [-0.1, -0.05) is 12.1 Å². The number of aromatic nitrogens is 2. The van der Waals surface area contributed by atoms with Crippen molar-refractivity contribution in [3.63, 3.8) is 0 Å². The molecule has 0 saturated carbocycles. The number of anilines is 3.